The number of allylic oxidation sites excluding steroid dienone is 3. The van der Waals surface area contributed by atoms with Crippen molar-refractivity contribution in [1.82, 2.24) is 25.2 Å². The van der Waals surface area contributed by atoms with Crippen LogP contribution in [0.25, 0.3) is 11.0 Å². The van der Waals surface area contributed by atoms with E-state index in [2.05, 4.69) is 56.8 Å². The molecule has 28 heavy (non-hydrogen) atoms. The Morgan fingerprint density at radius 2 is 2.07 bits per heavy atom. The van der Waals surface area contributed by atoms with E-state index < -0.39 is 0 Å². The first kappa shape index (κ1) is 23.4. The second-order valence-electron chi connectivity index (χ2n) is 6.33. The van der Waals surface area contributed by atoms with E-state index >= 15 is 0 Å². The van der Waals surface area contributed by atoms with E-state index in [1.54, 1.807) is 13.4 Å². The minimum absolute atomic E-state index is 0.681. The van der Waals surface area contributed by atoms with Gasteiger partial charge < -0.3 is 25.3 Å². The summed E-state index contributed by atoms with van der Waals surface area (Å²) in [5.74, 6) is 1.77. The number of nitrogens with one attached hydrogen (secondary N) is 3. The van der Waals surface area contributed by atoms with Crippen LogP contribution in [0.3, 0.4) is 0 Å². The zero-order valence-electron chi connectivity index (χ0n) is 17.8. The summed E-state index contributed by atoms with van der Waals surface area (Å²) in [6.45, 7) is 13.4. The third-order valence-corrected chi connectivity index (χ3v) is 4.35. The number of likely N-dealkylation sites (N-methyl/N-ethyl adjacent to an activating group) is 2. The molecule has 0 bridgehead atoms. The molecule has 0 aliphatic heterocycles. The molecule has 0 atom stereocenters. The number of aromatic amines is 1. The molecule has 2 aromatic heterocycles. The molecule has 3 N–H and O–H groups in total. The van der Waals surface area contributed by atoms with Crippen molar-refractivity contribution in [2.75, 3.05) is 46.2 Å². The molecule has 0 fully saturated rings. The van der Waals surface area contributed by atoms with Gasteiger partial charge in [0.25, 0.3) is 0 Å². The molecule has 154 valence electrons. The third kappa shape index (κ3) is 6.83. The summed E-state index contributed by atoms with van der Waals surface area (Å²) in [4.78, 5) is 14.3. The lowest BCUT2D eigenvalue weighted by Crippen LogP contribution is -2.26. The van der Waals surface area contributed by atoms with Crippen LogP contribution in [0.5, 0.6) is 0 Å². The molecule has 0 amide bonds. The van der Waals surface area contributed by atoms with Crippen molar-refractivity contribution >= 4 is 16.9 Å². The van der Waals surface area contributed by atoms with Gasteiger partial charge in [0.1, 0.15) is 17.8 Å². The number of hydrogen-bond donors (Lipinski definition) is 3. The molecule has 0 aromatic carbocycles. The van der Waals surface area contributed by atoms with E-state index in [9.17, 15) is 0 Å². The second-order valence-corrected chi connectivity index (χ2v) is 6.33. The maximum Gasteiger partial charge on any atom is 0.143 e. The van der Waals surface area contributed by atoms with Crippen molar-refractivity contribution in [2.24, 2.45) is 0 Å². The van der Waals surface area contributed by atoms with Gasteiger partial charge in [-0.05, 0) is 39.1 Å². The molecule has 0 aliphatic carbocycles. The average Bonchev–Trinajstić information content (AvgIpc) is 3.13. The summed E-state index contributed by atoms with van der Waals surface area (Å²) >= 11 is 0. The van der Waals surface area contributed by atoms with Crippen LogP contribution < -0.4 is 10.6 Å². The van der Waals surface area contributed by atoms with Gasteiger partial charge in [-0.3, -0.25) is 0 Å². The van der Waals surface area contributed by atoms with Crippen molar-refractivity contribution in [3.63, 3.8) is 0 Å². The first-order chi connectivity index (χ1) is 13.6. The largest absolute Gasteiger partial charge is 0.501 e. The first-order valence-electron chi connectivity index (χ1n) is 9.32. The van der Waals surface area contributed by atoms with E-state index in [-0.39, 0.29) is 0 Å². The number of H-pyrrole nitrogens is 1. The highest BCUT2D eigenvalue weighted by atomic mass is 16.5. The summed E-state index contributed by atoms with van der Waals surface area (Å²) in [5, 5.41) is 7.62. The minimum Gasteiger partial charge on any atom is -0.501 e. The Balaban J connectivity index is 0.00000190. The molecule has 0 aliphatic rings. The first-order valence-corrected chi connectivity index (χ1v) is 9.32. The number of hydrogen-bond acceptors (Lipinski definition) is 6. The molecular weight excluding hydrogens is 352 g/mol. The number of methoxy groups -OCH3 is 1. The zero-order chi connectivity index (χ0) is 20.9. The molecule has 2 heterocycles. The number of fused-ring (bicyclic) bond motifs is 1. The SMILES string of the molecule is C=C.CNCCN(C)Cc1c[nH]c2ncnc(NC/C=C\C(C)=C(/C)OC)c12. The van der Waals surface area contributed by atoms with Crippen LogP contribution in [-0.4, -0.2) is 60.7 Å². The fourth-order valence-corrected chi connectivity index (χ4v) is 2.63. The van der Waals surface area contributed by atoms with Crippen LogP contribution in [0.1, 0.15) is 19.4 Å². The van der Waals surface area contributed by atoms with Crippen LogP contribution in [0.2, 0.25) is 0 Å². The summed E-state index contributed by atoms with van der Waals surface area (Å²) in [5.41, 5.74) is 3.16. The molecule has 0 unspecified atom stereocenters. The molecule has 7 heteroatoms. The third-order valence-electron chi connectivity index (χ3n) is 4.35. The number of ether oxygens (including phenoxy) is 1. The van der Waals surface area contributed by atoms with Gasteiger partial charge in [-0.25, -0.2) is 9.97 Å². The Kier molecular flexibility index (Phi) is 10.6. The second kappa shape index (κ2) is 12.7. The van der Waals surface area contributed by atoms with Crippen LogP contribution in [0.15, 0.2) is 49.2 Å². The van der Waals surface area contributed by atoms with Gasteiger partial charge in [-0.2, -0.15) is 0 Å². The Labute approximate surface area is 168 Å². The van der Waals surface area contributed by atoms with E-state index in [0.717, 1.165) is 47.8 Å². The predicted molar refractivity (Wildman–Crippen MR) is 118 cm³/mol. The summed E-state index contributed by atoms with van der Waals surface area (Å²) in [7, 11) is 5.76. The minimum atomic E-state index is 0.681. The van der Waals surface area contributed by atoms with Gasteiger partial charge in [0.15, 0.2) is 0 Å². The molecule has 7 nitrogen and oxygen atoms in total. The maximum absolute atomic E-state index is 5.23. The Morgan fingerprint density at radius 3 is 2.75 bits per heavy atom. The average molecular weight is 387 g/mol. The lowest BCUT2D eigenvalue weighted by molar-refractivity contribution is 0.290. The maximum atomic E-state index is 5.23. The number of rotatable bonds is 10. The molecule has 2 rings (SSSR count). The van der Waals surface area contributed by atoms with Crippen molar-refractivity contribution in [3.05, 3.63) is 54.7 Å². The van der Waals surface area contributed by atoms with Crippen LogP contribution in [-0.2, 0) is 11.3 Å². The summed E-state index contributed by atoms with van der Waals surface area (Å²) in [6, 6.07) is 0. The number of nitrogens with zero attached hydrogens (tertiary/aromatic N) is 3. The summed E-state index contributed by atoms with van der Waals surface area (Å²) < 4.78 is 5.23. The molecule has 0 saturated carbocycles. The van der Waals surface area contributed by atoms with E-state index in [4.69, 9.17) is 4.74 Å². The fourth-order valence-electron chi connectivity index (χ4n) is 2.63. The normalized spacial score (nSPS) is 12.1. The van der Waals surface area contributed by atoms with Gasteiger partial charge in [-0.1, -0.05) is 12.2 Å². The van der Waals surface area contributed by atoms with Crippen LogP contribution in [0.4, 0.5) is 5.82 Å². The number of aromatic nitrogens is 3. The molecule has 0 spiro atoms. The zero-order valence-corrected chi connectivity index (χ0v) is 17.8. The van der Waals surface area contributed by atoms with E-state index in [1.165, 1.54) is 5.56 Å². The lowest BCUT2D eigenvalue weighted by atomic mass is 10.2. The highest BCUT2D eigenvalue weighted by Crippen LogP contribution is 2.24. The molecule has 0 radical (unpaired) electrons. The van der Waals surface area contributed by atoms with Crippen molar-refractivity contribution in [3.8, 4) is 0 Å². The quantitative estimate of drug-likeness (QED) is 0.330. The smallest absolute Gasteiger partial charge is 0.143 e. The highest BCUT2D eigenvalue weighted by molar-refractivity contribution is 5.90. The highest BCUT2D eigenvalue weighted by Gasteiger charge is 2.12. The fraction of sp³-hybridized carbons (Fsp3) is 0.429. The van der Waals surface area contributed by atoms with Crippen molar-refractivity contribution < 1.29 is 4.74 Å². The van der Waals surface area contributed by atoms with Crippen LogP contribution in [0, 0.1) is 0 Å². The van der Waals surface area contributed by atoms with Gasteiger partial charge in [0, 0.05) is 32.4 Å². The van der Waals surface area contributed by atoms with Gasteiger partial charge in [0.2, 0.25) is 0 Å². The van der Waals surface area contributed by atoms with E-state index in [1.807, 2.05) is 33.2 Å². The van der Waals surface area contributed by atoms with Crippen LogP contribution >= 0.6 is 0 Å². The molecule has 0 saturated heterocycles. The van der Waals surface area contributed by atoms with Crippen molar-refractivity contribution in [1.29, 1.82) is 0 Å². The van der Waals surface area contributed by atoms with Gasteiger partial charge in [-0.15, -0.1) is 13.2 Å². The predicted octanol–water partition coefficient (Wildman–Crippen LogP) is 3.32. The molecular formula is C21H34N6O. The topological polar surface area (TPSA) is 78.1 Å². The van der Waals surface area contributed by atoms with Crippen molar-refractivity contribution in [2.45, 2.75) is 20.4 Å². The van der Waals surface area contributed by atoms with Gasteiger partial charge >= 0.3 is 0 Å². The Morgan fingerprint density at radius 1 is 1.32 bits per heavy atom. The lowest BCUT2D eigenvalue weighted by Gasteiger charge is -2.16. The Hall–Kier alpha value is -2.64. The standard InChI is InChI=1S/C19H30N6O.C2H4/c1-14(15(2)26-5)7-6-8-21-18-17-16(12-25(4)10-9-20-3)11-22-19(17)24-13-23-18;1-2/h6-7,11,13,20H,8-10,12H2,1-5H3,(H2,21,22,23,24);1-2H2/b7-6-,15-14+;. The van der Waals surface area contributed by atoms with Gasteiger partial charge in [0.05, 0.1) is 18.3 Å². The number of anilines is 1. The van der Waals surface area contributed by atoms with E-state index in [0.29, 0.717) is 6.54 Å². The monoisotopic (exact) mass is 386 g/mol. The molecule has 2 aromatic rings. The summed E-state index contributed by atoms with van der Waals surface area (Å²) in [6.07, 6.45) is 7.72. The Bertz CT molecular complexity index is 780.